The van der Waals surface area contributed by atoms with Gasteiger partial charge >= 0.3 is 0 Å². The molecule has 0 aromatic carbocycles. The Bertz CT molecular complexity index is 225. The summed E-state index contributed by atoms with van der Waals surface area (Å²) in [5.41, 5.74) is 10.0. The van der Waals surface area contributed by atoms with Crippen LogP contribution in [0, 0.1) is 5.92 Å². The van der Waals surface area contributed by atoms with Crippen LogP contribution in [0.2, 0.25) is 0 Å². The number of nitrogens with two attached hydrogens (primary N) is 2. The number of ether oxygens (including phenoxy) is 1. The Kier molecular flexibility index (Phi) is 5.22. The van der Waals surface area contributed by atoms with E-state index in [0.29, 0.717) is 13.0 Å². The fourth-order valence-corrected chi connectivity index (χ4v) is 1.80. The summed E-state index contributed by atoms with van der Waals surface area (Å²) in [6, 6.07) is 0. The lowest BCUT2D eigenvalue weighted by Gasteiger charge is -2.25. The zero-order valence-corrected chi connectivity index (χ0v) is 10.2. The maximum atomic E-state index is 10.9. The first-order chi connectivity index (χ1) is 7.52. The van der Waals surface area contributed by atoms with Crippen molar-refractivity contribution in [2.24, 2.45) is 17.4 Å². The van der Waals surface area contributed by atoms with Gasteiger partial charge in [-0.2, -0.15) is 0 Å². The zero-order valence-electron chi connectivity index (χ0n) is 10.2. The van der Waals surface area contributed by atoms with E-state index in [1.54, 1.807) is 6.92 Å². The SMILES string of the molecule is CC(N)(CCCOCCC1CCC1)C(N)=O. The highest BCUT2D eigenvalue weighted by molar-refractivity contribution is 5.83. The van der Waals surface area contributed by atoms with Gasteiger partial charge in [0.05, 0.1) is 5.54 Å². The first-order valence-corrected chi connectivity index (χ1v) is 6.19. The van der Waals surface area contributed by atoms with Crippen LogP contribution in [0.15, 0.2) is 0 Å². The molecule has 0 aliphatic heterocycles. The first-order valence-electron chi connectivity index (χ1n) is 6.19. The molecule has 0 radical (unpaired) electrons. The molecule has 0 heterocycles. The third-order valence-corrected chi connectivity index (χ3v) is 3.44. The first kappa shape index (κ1) is 13.5. The van der Waals surface area contributed by atoms with E-state index < -0.39 is 11.4 Å². The molecule has 4 heteroatoms. The van der Waals surface area contributed by atoms with Crippen molar-refractivity contribution in [1.82, 2.24) is 0 Å². The van der Waals surface area contributed by atoms with Crippen molar-refractivity contribution in [1.29, 1.82) is 0 Å². The van der Waals surface area contributed by atoms with Crippen LogP contribution in [-0.4, -0.2) is 24.7 Å². The summed E-state index contributed by atoms with van der Waals surface area (Å²) in [4.78, 5) is 10.9. The Morgan fingerprint density at radius 2 is 2.12 bits per heavy atom. The lowest BCUT2D eigenvalue weighted by molar-refractivity contribution is -0.122. The molecule has 0 aromatic rings. The highest BCUT2D eigenvalue weighted by Gasteiger charge is 2.24. The quantitative estimate of drug-likeness (QED) is 0.612. The fourth-order valence-electron chi connectivity index (χ4n) is 1.80. The van der Waals surface area contributed by atoms with Crippen molar-refractivity contribution in [2.75, 3.05) is 13.2 Å². The molecule has 4 N–H and O–H groups in total. The Balaban J connectivity index is 1.92. The van der Waals surface area contributed by atoms with Gasteiger partial charge in [-0.3, -0.25) is 4.79 Å². The molecule has 16 heavy (non-hydrogen) atoms. The van der Waals surface area contributed by atoms with Gasteiger partial charge in [0.2, 0.25) is 5.91 Å². The smallest absolute Gasteiger partial charge is 0.237 e. The summed E-state index contributed by atoms with van der Waals surface area (Å²) in [6.45, 7) is 3.18. The van der Waals surface area contributed by atoms with E-state index in [9.17, 15) is 4.79 Å². The number of amides is 1. The molecule has 0 bridgehead atoms. The summed E-state index contributed by atoms with van der Waals surface area (Å²) in [7, 11) is 0. The van der Waals surface area contributed by atoms with Crippen molar-refractivity contribution in [3.63, 3.8) is 0 Å². The highest BCUT2D eigenvalue weighted by atomic mass is 16.5. The number of hydrogen-bond donors (Lipinski definition) is 2. The summed E-state index contributed by atoms with van der Waals surface area (Å²) >= 11 is 0. The average Bonchev–Trinajstić information content (AvgIpc) is 2.13. The summed E-state index contributed by atoms with van der Waals surface area (Å²) in [6.07, 6.45) is 6.68. The van der Waals surface area contributed by atoms with Crippen LogP contribution in [0.25, 0.3) is 0 Å². The molecule has 1 saturated carbocycles. The molecule has 94 valence electrons. The van der Waals surface area contributed by atoms with Crippen molar-refractivity contribution in [2.45, 2.75) is 51.0 Å². The van der Waals surface area contributed by atoms with Crippen LogP contribution >= 0.6 is 0 Å². The second-order valence-corrected chi connectivity index (χ2v) is 5.08. The lowest BCUT2D eigenvalue weighted by atomic mass is 9.83. The third-order valence-electron chi connectivity index (χ3n) is 3.44. The van der Waals surface area contributed by atoms with E-state index in [4.69, 9.17) is 16.2 Å². The molecule has 1 unspecified atom stereocenters. The van der Waals surface area contributed by atoms with E-state index in [-0.39, 0.29) is 0 Å². The molecular weight excluding hydrogens is 204 g/mol. The van der Waals surface area contributed by atoms with Crippen molar-refractivity contribution in [3.8, 4) is 0 Å². The number of hydrogen-bond acceptors (Lipinski definition) is 3. The van der Waals surface area contributed by atoms with Crippen LogP contribution in [0.5, 0.6) is 0 Å². The molecule has 4 nitrogen and oxygen atoms in total. The minimum absolute atomic E-state index is 0.443. The molecule has 1 aliphatic carbocycles. The number of primary amides is 1. The maximum absolute atomic E-state index is 10.9. The standard InChI is InChI=1S/C12H24N2O2/c1-12(14,11(13)15)7-3-8-16-9-6-10-4-2-5-10/h10H,2-9,14H2,1H3,(H2,13,15). The number of carbonyl (C=O) groups excluding carboxylic acids is 1. The van der Waals surface area contributed by atoms with Crippen LogP contribution in [0.1, 0.15) is 45.4 Å². The largest absolute Gasteiger partial charge is 0.381 e. The van der Waals surface area contributed by atoms with Gasteiger partial charge in [0.1, 0.15) is 0 Å². The highest BCUT2D eigenvalue weighted by Crippen LogP contribution is 2.29. The summed E-state index contributed by atoms with van der Waals surface area (Å²) < 4.78 is 5.51. The predicted molar refractivity (Wildman–Crippen MR) is 63.8 cm³/mol. The second kappa shape index (κ2) is 6.21. The van der Waals surface area contributed by atoms with Crippen LogP contribution in [-0.2, 0) is 9.53 Å². The van der Waals surface area contributed by atoms with Crippen LogP contribution in [0.4, 0.5) is 0 Å². The van der Waals surface area contributed by atoms with E-state index >= 15 is 0 Å². The van der Waals surface area contributed by atoms with Crippen LogP contribution in [0.3, 0.4) is 0 Å². The topological polar surface area (TPSA) is 78.3 Å². The van der Waals surface area contributed by atoms with Gasteiger partial charge in [-0.15, -0.1) is 0 Å². The Hall–Kier alpha value is -0.610. The van der Waals surface area contributed by atoms with Crippen molar-refractivity contribution < 1.29 is 9.53 Å². The third kappa shape index (κ3) is 4.49. The van der Waals surface area contributed by atoms with E-state index in [1.165, 1.54) is 25.7 Å². The summed E-state index contributed by atoms with van der Waals surface area (Å²) in [5.74, 6) is 0.451. The molecule has 1 rings (SSSR count). The second-order valence-electron chi connectivity index (χ2n) is 5.08. The molecule has 0 spiro atoms. The van der Waals surface area contributed by atoms with Gasteiger partial charge < -0.3 is 16.2 Å². The van der Waals surface area contributed by atoms with Gasteiger partial charge in [0.25, 0.3) is 0 Å². The summed E-state index contributed by atoms with van der Waals surface area (Å²) in [5, 5.41) is 0. The molecular formula is C12H24N2O2. The molecule has 0 aromatic heterocycles. The Labute approximate surface area is 97.7 Å². The van der Waals surface area contributed by atoms with Crippen LogP contribution < -0.4 is 11.5 Å². The van der Waals surface area contributed by atoms with Gasteiger partial charge in [-0.25, -0.2) is 0 Å². The fraction of sp³-hybridized carbons (Fsp3) is 0.917. The molecule has 1 amide bonds. The van der Waals surface area contributed by atoms with E-state index in [0.717, 1.165) is 18.9 Å². The molecule has 1 aliphatic rings. The van der Waals surface area contributed by atoms with Crippen molar-refractivity contribution in [3.05, 3.63) is 0 Å². The molecule has 0 saturated heterocycles. The molecule has 1 fully saturated rings. The van der Waals surface area contributed by atoms with E-state index in [1.807, 2.05) is 0 Å². The van der Waals surface area contributed by atoms with Gasteiger partial charge in [0, 0.05) is 13.2 Å². The monoisotopic (exact) mass is 228 g/mol. The minimum atomic E-state index is -0.892. The normalized spacial score (nSPS) is 20.1. The van der Waals surface area contributed by atoms with Gasteiger partial charge in [-0.05, 0) is 32.1 Å². The Morgan fingerprint density at radius 3 is 2.62 bits per heavy atom. The van der Waals surface area contributed by atoms with Crippen molar-refractivity contribution >= 4 is 5.91 Å². The average molecular weight is 228 g/mol. The zero-order chi connectivity index (χ0) is 12.0. The lowest BCUT2D eigenvalue weighted by Crippen LogP contribution is -2.49. The molecule has 1 atom stereocenters. The predicted octanol–water partition coefficient (Wildman–Crippen LogP) is 1.18. The van der Waals surface area contributed by atoms with Gasteiger partial charge in [-0.1, -0.05) is 19.3 Å². The Morgan fingerprint density at radius 1 is 1.44 bits per heavy atom. The number of carbonyl (C=O) groups is 1. The van der Waals surface area contributed by atoms with Gasteiger partial charge in [0.15, 0.2) is 0 Å². The maximum Gasteiger partial charge on any atom is 0.237 e. The van der Waals surface area contributed by atoms with E-state index in [2.05, 4.69) is 0 Å². The minimum Gasteiger partial charge on any atom is -0.381 e. The number of rotatable bonds is 8.